The smallest absolute Gasteiger partial charge is 0.227 e. The molecular weight excluding hydrogens is 340 g/mol. The van der Waals surface area contributed by atoms with Crippen LogP contribution in [0.4, 0.5) is 0 Å². The minimum Gasteiger partial charge on any atom is -0.464 e. The lowest BCUT2D eigenvalue weighted by Crippen LogP contribution is -2.55. The van der Waals surface area contributed by atoms with Crippen LogP contribution in [0.1, 0.15) is 37.7 Å². The van der Waals surface area contributed by atoms with Crippen molar-refractivity contribution in [3.8, 4) is 0 Å². The van der Waals surface area contributed by atoms with E-state index in [2.05, 4.69) is 4.90 Å². The van der Waals surface area contributed by atoms with Gasteiger partial charge in [0.1, 0.15) is 5.58 Å². The van der Waals surface area contributed by atoms with Crippen molar-refractivity contribution in [1.82, 2.24) is 9.80 Å². The zero-order chi connectivity index (χ0) is 18.8. The average molecular weight is 370 g/mol. The fraction of sp³-hybridized carbons (Fsp3) is 0.591. The molecule has 1 saturated carbocycles. The Morgan fingerprint density at radius 2 is 2.07 bits per heavy atom. The molecule has 2 aliphatic rings. The van der Waals surface area contributed by atoms with Crippen LogP contribution >= 0.6 is 0 Å². The third kappa shape index (κ3) is 3.76. The SMILES string of the molecule is CO[C@H]1CC[C@@H](N(C)C(=O)Cc2cccc3occc23)[C@@H](N2CCCC2)C1. The molecule has 1 amide bonds. The first-order chi connectivity index (χ1) is 13.2. The molecule has 0 radical (unpaired) electrons. The topological polar surface area (TPSA) is 45.9 Å². The number of likely N-dealkylation sites (tertiary alicyclic amines) is 1. The van der Waals surface area contributed by atoms with Crippen LogP contribution in [0.25, 0.3) is 11.0 Å². The molecule has 27 heavy (non-hydrogen) atoms. The van der Waals surface area contributed by atoms with Crippen molar-refractivity contribution in [3.05, 3.63) is 36.1 Å². The molecule has 146 valence electrons. The largest absolute Gasteiger partial charge is 0.464 e. The zero-order valence-electron chi connectivity index (χ0n) is 16.4. The van der Waals surface area contributed by atoms with Gasteiger partial charge in [-0.3, -0.25) is 9.69 Å². The van der Waals surface area contributed by atoms with Crippen molar-refractivity contribution in [2.75, 3.05) is 27.2 Å². The number of fused-ring (bicyclic) bond motifs is 1. The average Bonchev–Trinajstić information content (AvgIpc) is 3.39. The summed E-state index contributed by atoms with van der Waals surface area (Å²) < 4.78 is 11.1. The molecule has 0 spiro atoms. The lowest BCUT2D eigenvalue weighted by atomic mass is 9.86. The summed E-state index contributed by atoms with van der Waals surface area (Å²) in [5.41, 5.74) is 1.89. The van der Waals surface area contributed by atoms with Gasteiger partial charge in [-0.1, -0.05) is 12.1 Å². The number of carbonyl (C=O) groups excluding carboxylic acids is 1. The Balaban J connectivity index is 1.50. The van der Waals surface area contributed by atoms with Crippen LogP contribution < -0.4 is 0 Å². The Labute approximate surface area is 161 Å². The molecular formula is C22H30N2O3. The van der Waals surface area contributed by atoms with E-state index in [1.807, 2.05) is 43.3 Å². The van der Waals surface area contributed by atoms with Crippen LogP contribution in [0.5, 0.6) is 0 Å². The zero-order valence-corrected chi connectivity index (χ0v) is 16.4. The first-order valence-electron chi connectivity index (χ1n) is 10.1. The Morgan fingerprint density at radius 1 is 1.26 bits per heavy atom. The maximum absolute atomic E-state index is 13.1. The quantitative estimate of drug-likeness (QED) is 0.809. The number of amides is 1. The third-order valence-electron chi connectivity index (χ3n) is 6.49. The lowest BCUT2D eigenvalue weighted by molar-refractivity contribution is -0.134. The molecule has 4 rings (SSSR count). The number of hydrogen-bond acceptors (Lipinski definition) is 4. The van der Waals surface area contributed by atoms with E-state index in [-0.39, 0.29) is 11.9 Å². The molecule has 1 aliphatic carbocycles. The Kier molecular flexibility index (Phi) is 5.50. The number of nitrogens with zero attached hydrogens (tertiary/aromatic N) is 2. The fourth-order valence-corrected chi connectivity index (χ4v) is 4.91. The van der Waals surface area contributed by atoms with Gasteiger partial charge < -0.3 is 14.1 Å². The third-order valence-corrected chi connectivity index (χ3v) is 6.49. The van der Waals surface area contributed by atoms with Crippen molar-refractivity contribution in [2.24, 2.45) is 0 Å². The standard InChI is InChI=1S/C22H30N2O3/c1-23(22(25)14-16-6-5-7-21-18(16)10-13-27-21)19-9-8-17(26-2)15-20(19)24-11-3-4-12-24/h5-7,10,13,17,19-20H,3-4,8-9,11-12,14-15H2,1-2H3/t17-,19+,20-/m0/s1. The summed E-state index contributed by atoms with van der Waals surface area (Å²) in [7, 11) is 3.80. The highest BCUT2D eigenvalue weighted by Crippen LogP contribution is 2.31. The van der Waals surface area contributed by atoms with E-state index >= 15 is 0 Å². The molecule has 2 aromatic rings. The maximum Gasteiger partial charge on any atom is 0.227 e. The molecule has 3 atom stereocenters. The number of furan rings is 1. The predicted molar refractivity (Wildman–Crippen MR) is 106 cm³/mol. The van der Waals surface area contributed by atoms with E-state index in [4.69, 9.17) is 9.15 Å². The van der Waals surface area contributed by atoms with Gasteiger partial charge in [0.2, 0.25) is 5.91 Å². The number of carbonyl (C=O) groups is 1. The molecule has 5 nitrogen and oxygen atoms in total. The first kappa shape index (κ1) is 18.5. The minimum absolute atomic E-state index is 0.189. The maximum atomic E-state index is 13.1. The monoisotopic (exact) mass is 370 g/mol. The van der Waals surface area contributed by atoms with Crippen LogP contribution in [0.15, 0.2) is 34.9 Å². The second-order valence-electron chi connectivity index (χ2n) is 7.98. The highest BCUT2D eigenvalue weighted by Gasteiger charge is 2.38. The van der Waals surface area contributed by atoms with Gasteiger partial charge in [-0.05, 0) is 62.9 Å². The molecule has 0 bridgehead atoms. The number of benzene rings is 1. The number of hydrogen-bond donors (Lipinski definition) is 0. The van der Waals surface area contributed by atoms with Crippen molar-refractivity contribution in [1.29, 1.82) is 0 Å². The van der Waals surface area contributed by atoms with Crippen LogP contribution in [0.2, 0.25) is 0 Å². The second kappa shape index (κ2) is 8.03. The summed E-state index contributed by atoms with van der Waals surface area (Å²) in [5, 5.41) is 1.04. The van der Waals surface area contributed by atoms with E-state index in [0.29, 0.717) is 18.6 Å². The molecule has 1 aromatic carbocycles. The van der Waals surface area contributed by atoms with Gasteiger partial charge in [-0.2, -0.15) is 0 Å². The minimum atomic E-state index is 0.189. The van der Waals surface area contributed by atoms with E-state index < -0.39 is 0 Å². The van der Waals surface area contributed by atoms with E-state index in [0.717, 1.165) is 48.9 Å². The van der Waals surface area contributed by atoms with Crippen molar-refractivity contribution in [3.63, 3.8) is 0 Å². The molecule has 0 unspecified atom stereocenters. The Bertz CT molecular complexity index is 781. The molecule has 1 aliphatic heterocycles. The van der Waals surface area contributed by atoms with Crippen molar-refractivity contribution < 1.29 is 13.9 Å². The van der Waals surface area contributed by atoms with Crippen LogP contribution in [0.3, 0.4) is 0 Å². The normalized spacial score (nSPS) is 26.5. The molecule has 0 N–H and O–H groups in total. The van der Waals surface area contributed by atoms with Gasteiger partial charge in [0.15, 0.2) is 0 Å². The number of ether oxygens (including phenoxy) is 1. The van der Waals surface area contributed by atoms with Crippen molar-refractivity contribution >= 4 is 16.9 Å². The Morgan fingerprint density at radius 3 is 2.85 bits per heavy atom. The summed E-state index contributed by atoms with van der Waals surface area (Å²) in [4.78, 5) is 17.7. The van der Waals surface area contributed by atoms with Gasteiger partial charge in [-0.25, -0.2) is 0 Å². The molecule has 5 heteroatoms. The van der Waals surface area contributed by atoms with Gasteiger partial charge in [0.05, 0.1) is 18.8 Å². The highest BCUT2D eigenvalue weighted by atomic mass is 16.5. The molecule has 2 heterocycles. The summed E-state index contributed by atoms with van der Waals surface area (Å²) in [6.07, 6.45) is 8.02. The van der Waals surface area contributed by atoms with Crippen molar-refractivity contribution in [2.45, 2.75) is 56.7 Å². The highest BCUT2D eigenvalue weighted by molar-refractivity contribution is 5.87. The Hall–Kier alpha value is -1.85. The summed E-state index contributed by atoms with van der Waals surface area (Å²) in [6, 6.07) is 8.57. The first-order valence-corrected chi connectivity index (χ1v) is 10.1. The fourth-order valence-electron chi connectivity index (χ4n) is 4.91. The molecule has 2 fully saturated rings. The number of likely N-dealkylation sites (N-methyl/N-ethyl adjacent to an activating group) is 1. The molecule has 1 aromatic heterocycles. The summed E-state index contributed by atoms with van der Waals surface area (Å²) in [6.45, 7) is 2.29. The number of methoxy groups -OCH3 is 1. The van der Waals surface area contributed by atoms with Gasteiger partial charge in [0, 0.05) is 31.6 Å². The van der Waals surface area contributed by atoms with E-state index in [1.165, 1.54) is 12.8 Å². The molecule has 1 saturated heterocycles. The second-order valence-corrected chi connectivity index (χ2v) is 7.98. The van der Waals surface area contributed by atoms with Gasteiger partial charge in [0.25, 0.3) is 0 Å². The summed E-state index contributed by atoms with van der Waals surface area (Å²) >= 11 is 0. The van der Waals surface area contributed by atoms with Crippen LogP contribution in [-0.2, 0) is 16.0 Å². The van der Waals surface area contributed by atoms with Crippen LogP contribution in [0, 0.1) is 0 Å². The number of rotatable bonds is 5. The van der Waals surface area contributed by atoms with Crippen LogP contribution in [-0.4, -0.2) is 61.1 Å². The van der Waals surface area contributed by atoms with E-state index in [1.54, 1.807) is 6.26 Å². The predicted octanol–water partition coefficient (Wildman–Crippen LogP) is 3.47. The van der Waals surface area contributed by atoms with Gasteiger partial charge in [-0.15, -0.1) is 0 Å². The van der Waals surface area contributed by atoms with Gasteiger partial charge >= 0.3 is 0 Å². The van der Waals surface area contributed by atoms with E-state index in [9.17, 15) is 4.79 Å². The lowest BCUT2D eigenvalue weighted by Gasteiger charge is -2.44. The summed E-state index contributed by atoms with van der Waals surface area (Å²) in [5.74, 6) is 0.189.